The van der Waals surface area contributed by atoms with Crippen LogP contribution in [-0.4, -0.2) is 75.3 Å². The fourth-order valence-corrected chi connectivity index (χ4v) is 2.01. The van der Waals surface area contributed by atoms with Gasteiger partial charge in [-0.2, -0.15) is 0 Å². The predicted molar refractivity (Wildman–Crippen MR) is 44.8 cm³/mol. The molecule has 2 fully saturated rings. The van der Waals surface area contributed by atoms with E-state index in [0.29, 0.717) is 0 Å². The summed E-state index contributed by atoms with van der Waals surface area (Å²) in [7, 11) is -7.59. The molecule has 2 heterocycles. The zero-order valence-corrected chi connectivity index (χ0v) is 13.9. The van der Waals surface area contributed by atoms with Gasteiger partial charge in [-0.15, -0.1) is 0 Å². The van der Waals surface area contributed by atoms with Crippen molar-refractivity contribution in [1.29, 1.82) is 0 Å². The summed E-state index contributed by atoms with van der Waals surface area (Å²) in [5, 5.41) is 0. The van der Waals surface area contributed by atoms with Crippen LogP contribution in [-0.2, 0) is 27.2 Å². The van der Waals surface area contributed by atoms with Crippen LogP contribution in [0.5, 0.6) is 0 Å². The molecule has 0 aliphatic carbocycles. The van der Waals surface area contributed by atoms with Gasteiger partial charge in [0.25, 0.3) is 15.6 Å². The summed E-state index contributed by atoms with van der Waals surface area (Å²) < 4.78 is 36.5. The molecule has 0 spiro atoms. The molecule has 0 amide bonds. The normalized spacial score (nSPS) is 26.3. The van der Waals surface area contributed by atoms with Gasteiger partial charge in [0, 0.05) is 0 Å². The topological polar surface area (TPSA) is 117 Å². The van der Waals surface area contributed by atoms with Gasteiger partial charge in [0.2, 0.25) is 0 Å². The van der Waals surface area contributed by atoms with Gasteiger partial charge in [-0.25, -0.2) is 0 Å². The van der Waals surface area contributed by atoms with Gasteiger partial charge in [-0.1, -0.05) is 0 Å². The van der Waals surface area contributed by atoms with E-state index in [4.69, 9.17) is 0 Å². The summed E-state index contributed by atoms with van der Waals surface area (Å²) in [6, 6.07) is 0. The van der Waals surface area contributed by atoms with Crippen molar-refractivity contribution in [1.82, 2.24) is 0 Å². The van der Waals surface area contributed by atoms with Gasteiger partial charge >= 0.3 is 48.9 Å². The Balaban J connectivity index is 0.000000245. The van der Waals surface area contributed by atoms with Crippen LogP contribution in [0, 0.1) is 0 Å². The van der Waals surface area contributed by atoms with E-state index in [1.165, 1.54) is 0 Å². The van der Waals surface area contributed by atoms with Crippen molar-refractivity contribution in [2.45, 2.75) is 0 Å². The fraction of sp³-hybridized carbons (Fsp3) is 1.00. The summed E-state index contributed by atoms with van der Waals surface area (Å²) in [5.41, 5.74) is 0. The fourth-order valence-electron chi connectivity index (χ4n) is 0.671. The van der Waals surface area contributed by atoms with Crippen LogP contribution in [0.15, 0.2) is 0 Å². The van der Waals surface area contributed by atoms with Crippen molar-refractivity contribution in [3.63, 3.8) is 0 Å². The van der Waals surface area contributed by atoms with Crippen LogP contribution >= 0.6 is 15.6 Å². The number of phosphoric acid groups is 2. The molecule has 2 saturated heterocycles. The Kier molecular flexibility index (Phi) is 8.14. The first-order valence-corrected chi connectivity index (χ1v) is 6.54. The molecule has 0 atom stereocenters. The molecule has 0 bridgehead atoms. The third kappa shape index (κ3) is 7.67. The van der Waals surface area contributed by atoms with Gasteiger partial charge in [0.1, 0.15) is 0 Å². The second-order valence-corrected chi connectivity index (χ2v) is 5.05. The third-order valence-corrected chi connectivity index (χ3v) is 3.16. The number of hydrogen-bond acceptors (Lipinski definition) is 8. The molecule has 2 rings (SSSR count). The maximum atomic E-state index is 10.0. The van der Waals surface area contributed by atoms with Crippen LogP contribution < -0.4 is 9.79 Å². The van der Waals surface area contributed by atoms with Crippen LogP contribution in [0.4, 0.5) is 0 Å². The molecule has 0 saturated carbocycles. The maximum absolute atomic E-state index is 10.0. The second kappa shape index (κ2) is 7.28. The number of phosphoric ester groups is 2. The van der Waals surface area contributed by atoms with Crippen molar-refractivity contribution in [2.24, 2.45) is 0 Å². The molecule has 15 heavy (non-hydrogen) atoms. The Morgan fingerprint density at radius 2 is 0.933 bits per heavy atom. The molecule has 0 aromatic rings. The van der Waals surface area contributed by atoms with Crippen LogP contribution in [0.2, 0.25) is 0 Å². The quantitative estimate of drug-likeness (QED) is 0.371. The van der Waals surface area contributed by atoms with Crippen LogP contribution in [0.1, 0.15) is 0 Å². The van der Waals surface area contributed by atoms with E-state index in [1.54, 1.807) is 0 Å². The molecule has 2 aliphatic rings. The van der Waals surface area contributed by atoms with Crippen LogP contribution in [0.25, 0.3) is 0 Å². The van der Waals surface area contributed by atoms with Gasteiger partial charge in [0.05, 0.1) is 26.4 Å². The second-order valence-electron chi connectivity index (χ2n) is 2.23. The van der Waals surface area contributed by atoms with Gasteiger partial charge < -0.3 is 27.9 Å². The Morgan fingerprint density at radius 3 is 1.00 bits per heavy atom. The first-order chi connectivity index (χ1) is 6.41. The van der Waals surface area contributed by atoms with E-state index >= 15 is 0 Å². The smallest absolute Gasteiger partial charge is 0.756 e. The molecule has 8 nitrogen and oxygen atoms in total. The van der Waals surface area contributed by atoms with Gasteiger partial charge in [0.15, 0.2) is 0 Å². The molecule has 0 aromatic heterocycles. The molecule has 84 valence electrons. The van der Waals surface area contributed by atoms with Gasteiger partial charge in [-0.3, -0.25) is 9.13 Å². The summed E-state index contributed by atoms with van der Waals surface area (Å²) in [5.74, 6) is 0. The zero-order valence-electron chi connectivity index (χ0n) is 7.70. The Morgan fingerprint density at radius 1 is 0.733 bits per heavy atom. The average molecular weight is 383 g/mol. The first-order valence-electron chi connectivity index (χ1n) is 3.62. The number of rotatable bonds is 0. The van der Waals surface area contributed by atoms with Crippen LogP contribution in [0.3, 0.4) is 0 Å². The molecule has 11 heteroatoms. The van der Waals surface area contributed by atoms with Gasteiger partial charge in [-0.05, 0) is 0 Å². The van der Waals surface area contributed by atoms with E-state index in [0.717, 1.165) is 0 Å². The number of hydrogen-bond donors (Lipinski definition) is 0. The Labute approximate surface area is 127 Å². The summed E-state index contributed by atoms with van der Waals surface area (Å²) in [4.78, 5) is 20.0. The third-order valence-electron chi connectivity index (χ3n) is 1.16. The van der Waals surface area contributed by atoms with Crippen molar-refractivity contribution in [3.8, 4) is 0 Å². The van der Waals surface area contributed by atoms with E-state index in [9.17, 15) is 18.9 Å². The molecular weight excluding hydrogens is 375 g/mol. The summed E-state index contributed by atoms with van der Waals surface area (Å²) in [6.07, 6.45) is 0. The minimum Gasteiger partial charge on any atom is -0.756 e. The van der Waals surface area contributed by atoms with E-state index in [-0.39, 0.29) is 75.3 Å². The molecule has 0 aromatic carbocycles. The van der Waals surface area contributed by atoms with E-state index in [2.05, 4.69) is 18.1 Å². The molecule has 2 aliphatic heterocycles. The standard InChI is InChI=1S/2C2H5O4P.Ba/c2*3-7(4)5-1-2-6-7;/h2*1-2H2,(H,3,4);/q;;+2/p-2. The largest absolute Gasteiger partial charge is 2.00 e. The molecule has 0 radical (unpaired) electrons. The zero-order chi connectivity index (χ0) is 10.7. The summed E-state index contributed by atoms with van der Waals surface area (Å²) in [6.45, 7) is 0.670. The Hall–Kier alpha value is 1.79. The molecule has 0 N–H and O–H groups in total. The predicted octanol–water partition coefficient (Wildman–Crippen LogP) is -1.38. The van der Waals surface area contributed by atoms with Crippen molar-refractivity contribution in [2.75, 3.05) is 26.4 Å². The minimum absolute atomic E-state index is 0. The molecule has 0 unspecified atom stereocenters. The first kappa shape index (κ1) is 16.8. The minimum atomic E-state index is -3.79. The van der Waals surface area contributed by atoms with E-state index in [1.807, 2.05) is 0 Å². The monoisotopic (exact) mass is 384 g/mol. The Bertz CT molecular complexity index is 234. The SMILES string of the molecule is O=P1([O-])OCCO1.O=P1([O-])OCCO1.[Ba+2]. The molecular formula is C4H8BaO8P2. The van der Waals surface area contributed by atoms with Crippen molar-refractivity contribution >= 4 is 64.5 Å². The average Bonchev–Trinajstić information content (AvgIpc) is 2.60. The maximum Gasteiger partial charge on any atom is 2.00 e. The van der Waals surface area contributed by atoms with Crippen molar-refractivity contribution in [3.05, 3.63) is 0 Å². The summed E-state index contributed by atoms with van der Waals surface area (Å²) >= 11 is 0. The van der Waals surface area contributed by atoms with Crippen molar-refractivity contribution < 1.29 is 37.0 Å². The van der Waals surface area contributed by atoms with E-state index < -0.39 is 15.6 Å².